The lowest BCUT2D eigenvalue weighted by Crippen LogP contribution is -1.65. The lowest BCUT2D eigenvalue weighted by Gasteiger charge is -1.86. The van der Waals surface area contributed by atoms with Gasteiger partial charge in [0.1, 0.15) is 0 Å². The molecule has 0 aromatic carbocycles. The Kier molecular flexibility index (Phi) is 6.39. The molecule has 0 nitrogen and oxygen atoms in total. The van der Waals surface area contributed by atoms with Crippen LogP contribution in [0.4, 0.5) is 0 Å². The van der Waals surface area contributed by atoms with Gasteiger partial charge in [-0.15, -0.1) is 0 Å². The average molecular weight is 186 g/mol. The van der Waals surface area contributed by atoms with Crippen LogP contribution in [0.1, 0.15) is 25.7 Å². The highest BCUT2D eigenvalue weighted by atomic mass is 13.8. The Bertz CT molecular complexity index is 234. The van der Waals surface area contributed by atoms with E-state index in [1.54, 1.807) is 0 Å². The Morgan fingerprint density at radius 1 is 0.429 bits per heavy atom. The van der Waals surface area contributed by atoms with Gasteiger partial charge in [0.15, 0.2) is 0 Å². The Morgan fingerprint density at radius 3 is 1.36 bits per heavy atom. The van der Waals surface area contributed by atoms with E-state index >= 15 is 0 Å². The predicted molar refractivity (Wildman–Crippen MR) is 64.2 cm³/mol. The Labute approximate surface area is 87.0 Å². The second kappa shape index (κ2) is 8.31. The highest BCUT2D eigenvalue weighted by molar-refractivity contribution is 5.09. The first-order chi connectivity index (χ1) is 7.00. The summed E-state index contributed by atoms with van der Waals surface area (Å²) in [5, 5.41) is 0. The third-order valence-electron chi connectivity index (χ3n) is 1.98. The fourth-order valence-electron chi connectivity index (χ4n) is 1.21. The standard InChI is InChI=1S/C14H18/c1-2-4-6-8-10-12-14-13-11-9-7-5-3-1/h1-4,7,9-10,12-14H,5-6,8,11H2/b3-1-,4-2+,9-7-,12-10?,14-13?. The predicted octanol–water partition coefficient (Wildman–Crippen LogP) is 4.34. The first-order valence-corrected chi connectivity index (χ1v) is 5.28. The summed E-state index contributed by atoms with van der Waals surface area (Å²) in [7, 11) is 0. The molecular formula is C14H18. The first-order valence-electron chi connectivity index (χ1n) is 5.28. The van der Waals surface area contributed by atoms with Gasteiger partial charge >= 0.3 is 0 Å². The molecule has 1 aliphatic rings. The zero-order valence-corrected chi connectivity index (χ0v) is 8.60. The number of hydrogen-bond acceptors (Lipinski definition) is 0. The third-order valence-corrected chi connectivity index (χ3v) is 1.98. The van der Waals surface area contributed by atoms with Gasteiger partial charge in [-0.2, -0.15) is 0 Å². The number of hydrogen-bond donors (Lipinski definition) is 0. The molecule has 1 aliphatic carbocycles. The quantitative estimate of drug-likeness (QED) is 0.494. The summed E-state index contributed by atoms with van der Waals surface area (Å²) >= 11 is 0. The molecule has 0 heteroatoms. The monoisotopic (exact) mass is 186 g/mol. The van der Waals surface area contributed by atoms with E-state index in [1.807, 2.05) is 0 Å². The van der Waals surface area contributed by atoms with Gasteiger partial charge in [0, 0.05) is 0 Å². The van der Waals surface area contributed by atoms with Crippen LogP contribution in [0, 0.1) is 0 Å². The Hall–Kier alpha value is -1.30. The Morgan fingerprint density at radius 2 is 0.857 bits per heavy atom. The van der Waals surface area contributed by atoms with Gasteiger partial charge in [-0.25, -0.2) is 0 Å². The van der Waals surface area contributed by atoms with Crippen molar-refractivity contribution in [1.82, 2.24) is 0 Å². The van der Waals surface area contributed by atoms with Crippen molar-refractivity contribution in [1.29, 1.82) is 0 Å². The first kappa shape index (κ1) is 10.8. The summed E-state index contributed by atoms with van der Waals surface area (Å²) in [6.07, 6.45) is 26.0. The van der Waals surface area contributed by atoms with Crippen molar-refractivity contribution in [2.75, 3.05) is 0 Å². The van der Waals surface area contributed by atoms with E-state index in [0.717, 1.165) is 25.7 Å². The normalized spacial score (nSPS) is 25.1. The summed E-state index contributed by atoms with van der Waals surface area (Å²) in [5.74, 6) is 0. The lowest BCUT2D eigenvalue weighted by molar-refractivity contribution is 1.05. The summed E-state index contributed by atoms with van der Waals surface area (Å²) in [4.78, 5) is 0. The molecule has 0 N–H and O–H groups in total. The minimum absolute atomic E-state index is 1.04. The lowest BCUT2D eigenvalue weighted by atomic mass is 10.2. The van der Waals surface area contributed by atoms with Gasteiger partial charge in [-0.1, -0.05) is 60.8 Å². The van der Waals surface area contributed by atoms with Crippen LogP contribution >= 0.6 is 0 Å². The van der Waals surface area contributed by atoms with Gasteiger partial charge in [0.25, 0.3) is 0 Å². The van der Waals surface area contributed by atoms with E-state index in [2.05, 4.69) is 60.8 Å². The molecule has 0 amide bonds. The maximum atomic E-state index is 2.21. The van der Waals surface area contributed by atoms with E-state index < -0.39 is 0 Å². The molecule has 0 saturated carbocycles. The summed E-state index contributed by atoms with van der Waals surface area (Å²) in [6, 6.07) is 0. The van der Waals surface area contributed by atoms with E-state index in [0.29, 0.717) is 0 Å². The molecule has 0 heterocycles. The zero-order valence-electron chi connectivity index (χ0n) is 8.60. The molecule has 0 aromatic rings. The molecule has 0 saturated heterocycles. The van der Waals surface area contributed by atoms with Gasteiger partial charge in [0.2, 0.25) is 0 Å². The van der Waals surface area contributed by atoms with Crippen LogP contribution in [-0.4, -0.2) is 0 Å². The van der Waals surface area contributed by atoms with Crippen molar-refractivity contribution >= 4 is 0 Å². The molecule has 14 heavy (non-hydrogen) atoms. The van der Waals surface area contributed by atoms with Gasteiger partial charge in [-0.05, 0) is 25.7 Å². The molecule has 0 radical (unpaired) electrons. The SMILES string of the molecule is C1=CC/C=C\C/C=C\C=C\CCC=C1. The van der Waals surface area contributed by atoms with Crippen LogP contribution in [0.3, 0.4) is 0 Å². The van der Waals surface area contributed by atoms with E-state index in [1.165, 1.54) is 0 Å². The van der Waals surface area contributed by atoms with Crippen LogP contribution in [0.15, 0.2) is 60.8 Å². The van der Waals surface area contributed by atoms with E-state index in [-0.39, 0.29) is 0 Å². The van der Waals surface area contributed by atoms with Gasteiger partial charge in [0.05, 0.1) is 0 Å². The number of rotatable bonds is 0. The summed E-state index contributed by atoms with van der Waals surface area (Å²) in [5.41, 5.74) is 0. The molecule has 0 spiro atoms. The van der Waals surface area contributed by atoms with Crippen molar-refractivity contribution in [3.63, 3.8) is 0 Å². The third kappa shape index (κ3) is 6.24. The maximum Gasteiger partial charge on any atom is -0.0166 e. The molecule has 0 atom stereocenters. The molecule has 0 fully saturated rings. The maximum absolute atomic E-state index is 2.21. The topological polar surface area (TPSA) is 0 Å². The van der Waals surface area contributed by atoms with E-state index in [9.17, 15) is 0 Å². The minimum atomic E-state index is 1.04. The van der Waals surface area contributed by atoms with Crippen LogP contribution in [0.2, 0.25) is 0 Å². The van der Waals surface area contributed by atoms with E-state index in [4.69, 9.17) is 0 Å². The smallest absolute Gasteiger partial charge is 0.0166 e. The molecular weight excluding hydrogens is 168 g/mol. The van der Waals surface area contributed by atoms with Crippen molar-refractivity contribution < 1.29 is 0 Å². The average Bonchev–Trinajstić information content (AvgIpc) is 2.22. The summed E-state index contributed by atoms with van der Waals surface area (Å²) < 4.78 is 0. The van der Waals surface area contributed by atoms with Crippen molar-refractivity contribution in [2.24, 2.45) is 0 Å². The molecule has 74 valence electrons. The fourth-order valence-corrected chi connectivity index (χ4v) is 1.21. The van der Waals surface area contributed by atoms with Crippen LogP contribution in [0.25, 0.3) is 0 Å². The van der Waals surface area contributed by atoms with Crippen molar-refractivity contribution in [3.05, 3.63) is 60.8 Å². The van der Waals surface area contributed by atoms with Gasteiger partial charge < -0.3 is 0 Å². The van der Waals surface area contributed by atoms with Crippen molar-refractivity contribution in [3.8, 4) is 0 Å². The van der Waals surface area contributed by atoms with Crippen LogP contribution in [-0.2, 0) is 0 Å². The van der Waals surface area contributed by atoms with Crippen LogP contribution < -0.4 is 0 Å². The van der Waals surface area contributed by atoms with Crippen LogP contribution in [0.5, 0.6) is 0 Å². The van der Waals surface area contributed by atoms with Gasteiger partial charge in [-0.3, -0.25) is 0 Å². The minimum Gasteiger partial charge on any atom is -0.0844 e. The highest BCUT2D eigenvalue weighted by Gasteiger charge is 1.76. The highest BCUT2D eigenvalue weighted by Crippen LogP contribution is 1.97. The molecule has 0 bridgehead atoms. The van der Waals surface area contributed by atoms with Crippen molar-refractivity contribution in [2.45, 2.75) is 25.7 Å². The Balaban J connectivity index is 2.45. The molecule has 1 rings (SSSR count). The summed E-state index contributed by atoms with van der Waals surface area (Å²) in [6.45, 7) is 0. The molecule has 0 aromatic heterocycles. The molecule has 0 aliphatic heterocycles. The fraction of sp³-hybridized carbons (Fsp3) is 0.286. The zero-order chi connectivity index (χ0) is 9.90. The second-order valence-electron chi connectivity index (χ2n) is 3.23. The number of allylic oxidation sites excluding steroid dienone is 10. The molecule has 0 unspecified atom stereocenters. The largest absolute Gasteiger partial charge is 0.0844 e. The second-order valence-corrected chi connectivity index (χ2v) is 3.23.